The standard InChI is InChI=1S/C15H15FN2O3/c1-10(12-5-3-4-6-13(12)16)17-14-9-11(21-2)7-8-15(14)18(19)20/h3-10,17H,1-2H3. The Labute approximate surface area is 121 Å². The molecule has 0 aliphatic carbocycles. The van der Waals surface area contributed by atoms with Crippen molar-refractivity contribution >= 4 is 11.4 Å². The highest BCUT2D eigenvalue weighted by Gasteiger charge is 2.18. The van der Waals surface area contributed by atoms with Crippen molar-refractivity contribution in [3.63, 3.8) is 0 Å². The first-order valence-corrected chi connectivity index (χ1v) is 6.36. The highest BCUT2D eigenvalue weighted by atomic mass is 19.1. The summed E-state index contributed by atoms with van der Waals surface area (Å²) in [5.74, 6) is 0.131. The fraction of sp³-hybridized carbons (Fsp3) is 0.200. The Bertz CT molecular complexity index is 661. The molecule has 6 heteroatoms. The summed E-state index contributed by atoms with van der Waals surface area (Å²) in [6, 6.07) is 10.3. The van der Waals surface area contributed by atoms with Crippen LogP contribution >= 0.6 is 0 Å². The van der Waals surface area contributed by atoms with Gasteiger partial charge in [0, 0.05) is 17.7 Å². The normalized spacial score (nSPS) is 11.8. The van der Waals surface area contributed by atoms with E-state index in [1.807, 2.05) is 0 Å². The van der Waals surface area contributed by atoms with Crippen LogP contribution in [0.5, 0.6) is 5.75 Å². The van der Waals surface area contributed by atoms with Crippen molar-refractivity contribution in [1.29, 1.82) is 0 Å². The Hall–Kier alpha value is -2.63. The van der Waals surface area contributed by atoms with Crippen LogP contribution in [0.2, 0.25) is 0 Å². The number of ether oxygens (including phenoxy) is 1. The van der Waals surface area contributed by atoms with Crippen LogP contribution in [0.4, 0.5) is 15.8 Å². The Morgan fingerprint density at radius 1 is 1.29 bits per heavy atom. The number of nitro groups is 1. The summed E-state index contributed by atoms with van der Waals surface area (Å²) >= 11 is 0. The summed E-state index contributed by atoms with van der Waals surface area (Å²) in [7, 11) is 1.48. The Kier molecular flexibility index (Phi) is 4.37. The molecule has 2 aromatic rings. The zero-order valence-electron chi connectivity index (χ0n) is 11.7. The first-order chi connectivity index (χ1) is 10.0. The highest BCUT2D eigenvalue weighted by molar-refractivity contribution is 5.65. The van der Waals surface area contributed by atoms with Gasteiger partial charge in [0.05, 0.1) is 18.1 Å². The summed E-state index contributed by atoms with van der Waals surface area (Å²) in [4.78, 5) is 10.6. The first-order valence-electron chi connectivity index (χ1n) is 6.36. The average Bonchev–Trinajstić information content (AvgIpc) is 2.47. The number of hydrogen-bond donors (Lipinski definition) is 1. The van der Waals surface area contributed by atoms with Gasteiger partial charge >= 0.3 is 0 Å². The number of halogens is 1. The van der Waals surface area contributed by atoms with Crippen molar-refractivity contribution in [2.75, 3.05) is 12.4 Å². The van der Waals surface area contributed by atoms with E-state index >= 15 is 0 Å². The summed E-state index contributed by atoms with van der Waals surface area (Å²) in [6.45, 7) is 1.74. The number of nitrogens with zero attached hydrogens (tertiary/aromatic N) is 1. The van der Waals surface area contributed by atoms with Crippen LogP contribution in [0.1, 0.15) is 18.5 Å². The maximum atomic E-state index is 13.7. The molecule has 0 saturated carbocycles. The predicted molar refractivity (Wildman–Crippen MR) is 78.1 cm³/mol. The van der Waals surface area contributed by atoms with Gasteiger partial charge < -0.3 is 10.1 Å². The lowest BCUT2D eigenvalue weighted by Gasteiger charge is -2.17. The Morgan fingerprint density at radius 3 is 2.62 bits per heavy atom. The van der Waals surface area contributed by atoms with Crippen molar-refractivity contribution in [2.24, 2.45) is 0 Å². The largest absolute Gasteiger partial charge is 0.497 e. The number of anilines is 1. The lowest BCUT2D eigenvalue weighted by Crippen LogP contribution is -2.10. The number of hydrogen-bond acceptors (Lipinski definition) is 4. The molecule has 0 fully saturated rings. The predicted octanol–water partition coefficient (Wildman–Crippen LogP) is 3.92. The van der Waals surface area contributed by atoms with Gasteiger partial charge in [-0.25, -0.2) is 4.39 Å². The quantitative estimate of drug-likeness (QED) is 0.669. The Morgan fingerprint density at radius 2 is 2.00 bits per heavy atom. The third kappa shape index (κ3) is 3.28. The second kappa shape index (κ2) is 6.21. The molecule has 0 bridgehead atoms. The lowest BCUT2D eigenvalue weighted by molar-refractivity contribution is -0.384. The third-order valence-electron chi connectivity index (χ3n) is 3.14. The molecule has 2 aromatic carbocycles. The molecule has 110 valence electrons. The van der Waals surface area contributed by atoms with E-state index in [2.05, 4.69) is 5.32 Å². The molecule has 0 amide bonds. The van der Waals surface area contributed by atoms with E-state index in [0.29, 0.717) is 11.3 Å². The van der Waals surface area contributed by atoms with Gasteiger partial charge in [0.1, 0.15) is 17.3 Å². The van der Waals surface area contributed by atoms with Crippen molar-refractivity contribution in [1.82, 2.24) is 0 Å². The molecule has 0 spiro atoms. The fourth-order valence-electron chi connectivity index (χ4n) is 2.05. The molecule has 21 heavy (non-hydrogen) atoms. The van der Waals surface area contributed by atoms with E-state index in [1.165, 1.54) is 31.4 Å². The lowest BCUT2D eigenvalue weighted by atomic mass is 10.1. The molecule has 5 nitrogen and oxygen atoms in total. The van der Waals surface area contributed by atoms with Crippen LogP contribution in [-0.2, 0) is 0 Å². The van der Waals surface area contributed by atoms with Crippen LogP contribution in [-0.4, -0.2) is 12.0 Å². The smallest absolute Gasteiger partial charge is 0.292 e. The van der Waals surface area contributed by atoms with Gasteiger partial charge in [-0.05, 0) is 19.1 Å². The average molecular weight is 290 g/mol. The van der Waals surface area contributed by atoms with Crippen molar-refractivity contribution in [3.8, 4) is 5.75 Å². The van der Waals surface area contributed by atoms with Crippen LogP contribution in [0.25, 0.3) is 0 Å². The van der Waals surface area contributed by atoms with E-state index in [1.54, 1.807) is 25.1 Å². The van der Waals surface area contributed by atoms with Gasteiger partial charge in [-0.2, -0.15) is 0 Å². The van der Waals surface area contributed by atoms with E-state index in [4.69, 9.17) is 4.74 Å². The molecule has 0 radical (unpaired) electrons. The van der Waals surface area contributed by atoms with Crippen LogP contribution < -0.4 is 10.1 Å². The second-order valence-electron chi connectivity index (χ2n) is 4.53. The topological polar surface area (TPSA) is 64.4 Å². The van der Waals surface area contributed by atoms with Crippen molar-refractivity contribution < 1.29 is 14.1 Å². The minimum Gasteiger partial charge on any atom is -0.497 e. The summed E-state index contributed by atoms with van der Waals surface area (Å²) in [5, 5.41) is 14.0. The molecule has 0 aliphatic rings. The summed E-state index contributed by atoms with van der Waals surface area (Å²) in [5.41, 5.74) is 0.642. The highest BCUT2D eigenvalue weighted by Crippen LogP contribution is 2.32. The van der Waals surface area contributed by atoms with E-state index in [-0.39, 0.29) is 17.2 Å². The minimum absolute atomic E-state index is 0.0843. The molecule has 2 rings (SSSR count). The third-order valence-corrected chi connectivity index (χ3v) is 3.14. The minimum atomic E-state index is -0.490. The van der Waals surface area contributed by atoms with Gasteiger partial charge in [0.25, 0.3) is 5.69 Å². The molecule has 0 saturated heterocycles. The van der Waals surface area contributed by atoms with Gasteiger partial charge in [0.15, 0.2) is 0 Å². The SMILES string of the molecule is COc1ccc([N+](=O)[O-])c(NC(C)c2ccccc2F)c1. The van der Waals surface area contributed by atoms with Gasteiger partial charge in [-0.3, -0.25) is 10.1 Å². The fourth-order valence-corrected chi connectivity index (χ4v) is 2.05. The van der Waals surface area contributed by atoms with Crippen LogP contribution in [0.3, 0.4) is 0 Å². The van der Waals surface area contributed by atoms with Crippen molar-refractivity contribution in [3.05, 3.63) is 64.0 Å². The zero-order valence-corrected chi connectivity index (χ0v) is 11.7. The first kappa shape index (κ1) is 14.8. The molecule has 1 N–H and O–H groups in total. The van der Waals surface area contributed by atoms with Crippen LogP contribution in [0.15, 0.2) is 42.5 Å². The van der Waals surface area contributed by atoms with Gasteiger partial charge in [-0.1, -0.05) is 18.2 Å². The van der Waals surface area contributed by atoms with Crippen molar-refractivity contribution in [2.45, 2.75) is 13.0 Å². The molecular formula is C15H15FN2O3. The number of benzene rings is 2. The number of methoxy groups -OCH3 is 1. The van der Waals surface area contributed by atoms with E-state index < -0.39 is 11.0 Å². The number of nitrogens with one attached hydrogen (secondary N) is 1. The van der Waals surface area contributed by atoms with Gasteiger partial charge in [0.2, 0.25) is 0 Å². The number of rotatable bonds is 5. The van der Waals surface area contributed by atoms with Gasteiger partial charge in [-0.15, -0.1) is 0 Å². The number of nitro benzene ring substituents is 1. The Balaban J connectivity index is 2.34. The second-order valence-corrected chi connectivity index (χ2v) is 4.53. The molecule has 0 heterocycles. The van der Waals surface area contributed by atoms with E-state index in [0.717, 1.165) is 0 Å². The summed E-state index contributed by atoms with van der Waals surface area (Å²) in [6.07, 6.45) is 0. The molecule has 0 aromatic heterocycles. The van der Waals surface area contributed by atoms with Crippen LogP contribution in [0, 0.1) is 15.9 Å². The maximum Gasteiger partial charge on any atom is 0.292 e. The molecule has 1 atom stereocenters. The maximum absolute atomic E-state index is 13.7. The van der Waals surface area contributed by atoms with E-state index in [9.17, 15) is 14.5 Å². The zero-order chi connectivity index (χ0) is 15.4. The molecule has 0 aliphatic heterocycles. The molecule has 1 unspecified atom stereocenters. The summed E-state index contributed by atoms with van der Waals surface area (Å²) < 4.78 is 18.8. The monoisotopic (exact) mass is 290 g/mol. The molecular weight excluding hydrogens is 275 g/mol.